The molecule has 2 aliphatic rings. The maximum atomic E-state index is 10.6. The van der Waals surface area contributed by atoms with Crippen LogP contribution < -0.4 is 0 Å². The molecule has 2 fully saturated rings. The average Bonchev–Trinajstić information content (AvgIpc) is 3.05. The van der Waals surface area contributed by atoms with E-state index in [0.717, 1.165) is 52.5 Å². The molecule has 0 bridgehead atoms. The number of rotatable bonds is 4. The first kappa shape index (κ1) is 31.8. The third-order valence-corrected chi connectivity index (χ3v) is 5.79. The minimum atomic E-state index is -5.08. The van der Waals surface area contributed by atoms with Crippen LogP contribution in [-0.4, -0.2) is 102 Å². The molecule has 1 spiro atoms. The molecule has 8 nitrogen and oxygen atoms in total. The monoisotopic (exact) mass is 550 g/mol. The molecule has 2 N–H and O–H groups in total. The second-order valence-electron chi connectivity index (χ2n) is 7.94. The second kappa shape index (κ2) is 13.9. The van der Waals surface area contributed by atoms with Gasteiger partial charge in [-0.2, -0.15) is 26.3 Å². The highest BCUT2D eigenvalue weighted by atomic mass is 32.1. The topological polar surface area (TPSA) is 99.5 Å². The van der Waals surface area contributed by atoms with Crippen molar-refractivity contribution in [3.8, 4) is 0 Å². The van der Waals surface area contributed by atoms with E-state index in [2.05, 4.69) is 35.4 Å². The molecule has 1 aromatic heterocycles. The number of alkyl halides is 6. The van der Waals surface area contributed by atoms with E-state index in [1.54, 1.807) is 0 Å². The van der Waals surface area contributed by atoms with Crippen molar-refractivity contribution in [1.82, 2.24) is 9.80 Å². The summed E-state index contributed by atoms with van der Waals surface area (Å²) in [6.45, 7) is 14.0. The quantitative estimate of drug-likeness (QED) is 0.435. The zero-order chi connectivity index (χ0) is 27.6. The van der Waals surface area contributed by atoms with E-state index in [4.69, 9.17) is 29.3 Å². The number of aryl methyl sites for hydroxylation is 1. The zero-order valence-electron chi connectivity index (χ0n) is 19.4. The Morgan fingerprint density at radius 1 is 1.06 bits per heavy atom. The number of carboxylic acid groups (broad SMARTS) is 2. The fraction of sp³-hybridized carbons (Fsp3) is 0.619. The molecule has 1 aromatic rings. The first-order valence-electron chi connectivity index (χ1n) is 10.5. The van der Waals surface area contributed by atoms with Gasteiger partial charge in [-0.15, -0.1) is 17.9 Å². The minimum Gasteiger partial charge on any atom is -0.475 e. The number of carboxylic acids is 2. The van der Waals surface area contributed by atoms with Crippen molar-refractivity contribution in [2.75, 3.05) is 52.5 Å². The van der Waals surface area contributed by atoms with E-state index in [1.165, 1.54) is 9.75 Å². The Morgan fingerprint density at radius 3 is 2.06 bits per heavy atom. The minimum absolute atomic E-state index is 0.190. The molecular weight excluding hydrogens is 522 g/mol. The van der Waals surface area contributed by atoms with Gasteiger partial charge in [-0.3, -0.25) is 9.80 Å². The van der Waals surface area contributed by atoms with Gasteiger partial charge in [0, 0.05) is 49.0 Å². The van der Waals surface area contributed by atoms with Gasteiger partial charge in [-0.25, -0.2) is 9.59 Å². The fourth-order valence-corrected chi connectivity index (χ4v) is 4.29. The highest BCUT2D eigenvalue weighted by Gasteiger charge is 2.40. The van der Waals surface area contributed by atoms with Crippen LogP contribution >= 0.6 is 11.3 Å². The van der Waals surface area contributed by atoms with Crippen molar-refractivity contribution in [3.63, 3.8) is 0 Å². The van der Waals surface area contributed by atoms with Crippen molar-refractivity contribution in [1.29, 1.82) is 0 Å². The van der Waals surface area contributed by atoms with E-state index in [-0.39, 0.29) is 5.60 Å². The van der Waals surface area contributed by atoms with Crippen molar-refractivity contribution in [2.45, 2.75) is 31.4 Å². The first-order chi connectivity index (χ1) is 16.6. The van der Waals surface area contributed by atoms with Crippen LogP contribution in [0.25, 0.3) is 0 Å². The van der Waals surface area contributed by atoms with Gasteiger partial charge in [0.1, 0.15) is 5.60 Å². The molecule has 3 heterocycles. The molecule has 1 atom stereocenters. The summed E-state index contributed by atoms with van der Waals surface area (Å²) >= 11 is 1.89. The van der Waals surface area contributed by atoms with E-state index < -0.39 is 24.3 Å². The number of hydrogen-bond acceptors (Lipinski definition) is 7. The molecule has 206 valence electrons. The Kier molecular flexibility index (Phi) is 12.3. The molecule has 36 heavy (non-hydrogen) atoms. The third kappa shape index (κ3) is 11.7. The maximum absolute atomic E-state index is 10.6. The Morgan fingerprint density at radius 2 is 1.58 bits per heavy atom. The molecule has 0 radical (unpaired) electrons. The van der Waals surface area contributed by atoms with E-state index in [0.29, 0.717) is 6.61 Å². The van der Waals surface area contributed by atoms with Gasteiger partial charge in [0.05, 0.1) is 19.8 Å². The number of halogens is 6. The number of ether oxygens (including phenoxy) is 2. The molecule has 0 aromatic carbocycles. The standard InChI is InChI=1S/C17H26N2O2S.2C2HF3O2/c1-3-6-18-7-9-20-14-17(12-18)13-19(8-10-21-17)11-16-5-4-15(2)22-16;2*3-2(4,5)1(6)7/h3-5H,1,6-14H2,2H3;2*(H,6,7). The fourth-order valence-electron chi connectivity index (χ4n) is 3.35. The Hall–Kier alpha value is -2.20. The van der Waals surface area contributed by atoms with Crippen LogP contribution in [0.15, 0.2) is 24.8 Å². The lowest BCUT2D eigenvalue weighted by Gasteiger charge is -2.43. The molecule has 3 rings (SSSR count). The highest BCUT2D eigenvalue weighted by molar-refractivity contribution is 7.11. The summed E-state index contributed by atoms with van der Waals surface area (Å²) in [7, 11) is 0. The summed E-state index contributed by atoms with van der Waals surface area (Å²) in [5, 5.41) is 14.2. The number of morpholine rings is 1. The van der Waals surface area contributed by atoms with E-state index >= 15 is 0 Å². The van der Waals surface area contributed by atoms with Crippen LogP contribution in [0.4, 0.5) is 26.3 Å². The lowest BCUT2D eigenvalue weighted by molar-refractivity contribution is -0.193. The van der Waals surface area contributed by atoms with Crippen LogP contribution in [0.2, 0.25) is 0 Å². The summed E-state index contributed by atoms with van der Waals surface area (Å²) in [5.41, 5.74) is -0.190. The van der Waals surface area contributed by atoms with Gasteiger partial charge < -0.3 is 19.7 Å². The number of hydrogen-bond donors (Lipinski definition) is 2. The molecule has 2 saturated heterocycles. The van der Waals surface area contributed by atoms with E-state index in [1.807, 2.05) is 17.4 Å². The van der Waals surface area contributed by atoms with Crippen molar-refractivity contribution < 1.29 is 55.6 Å². The number of thiophene rings is 1. The molecular formula is C21H28F6N2O6S. The number of carbonyl (C=O) groups is 2. The summed E-state index contributed by atoms with van der Waals surface area (Å²) in [6.07, 6.45) is -8.20. The van der Waals surface area contributed by atoms with Crippen LogP contribution in [0.1, 0.15) is 9.75 Å². The van der Waals surface area contributed by atoms with Crippen LogP contribution in [0.5, 0.6) is 0 Å². The predicted molar refractivity (Wildman–Crippen MR) is 118 cm³/mol. The van der Waals surface area contributed by atoms with Crippen LogP contribution in [-0.2, 0) is 25.6 Å². The zero-order valence-corrected chi connectivity index (χ0v) is 20.2. The molecule has 2 aliphatic heterocycles. The van der Waals surface area contributed by atoms with Gasteiger partial charge in [-0.05, 0) is 19.1 Å². The SMILES string of the molecule is C=CCN1CCOCC2(C1)CN(Cc1ccc(C)s1)CCO2.O=C(O)C(F)(F)F.O=C(O)C(F)(F)F. The summed E-state index contributed by atoms with van der Waals surface area (Å²) in [6, 6.07) is 4.45. The van der Waals surface area contributed by atoms with Crippen LogP contribution in [0, 0.1) is 6.92 Å². The second-order valence-corrected chi connectivity index (χ2v) is 9.31. The average molecular weight is 551 g/mol. The smallest absolute Gasteiger partial charge is 0.475 e. The Balaban J connectivity index is 0.000000383. The van der Waals surface area contributed by atoms with Gasteiger partial charge >= 0.3 is 24.3 Å². The van der Waals surface area contributed by atoms with Crippen molar-refractivity contribution in [3.05, 3.63) is 34.5 Å². The summed E-state index contributed by atoms with van der Waals surface area (Å²) < 4.78 is 75.5. The number of aliphatic carboxylic acids is 2. The summed E-state index contributed by atoms with van der Waals surface area (Å²) in [4.78, 5) is 25.5. The van der Waals surface area contributed by atoms with Gasteiger partial charge in [-0.1, -0.05) is 6.08 Å². The Bertz CT molecular complexity index is 839. The van der Waals surface area contributed by atoms with Crippen LogP contribution in [0.3, 0.4) is 0 Å². The van der Waals surface area contributed by atoms with Gasteiger partial charge in [0.2, 0.25) is 0 Å². The third-order valence-electron chi connectivity index (χ3n) is 4.80. The van der Waals surface area contributed by atoms with Gasteiger partial charge in [0.15, 0.2) is 0 Å². The lowest BCUT2D eigenvalue weighted by Crippen LogP contribution is -2.58. The van der Waals surface area contributed by atoms with E-state index in [9.17, 15) is 26.3 Å². The molecule has 1 unspecified atom stereocenters. The van der Waals surface area contributed by atoms with Gasteiger partial charge in [0.25, 0.3) is 0 Å². The molecule has 0 saturated carbocycles. The molecule has 0 aliphatic carbocycles. The highest BCUT2D eigenvalue weighted by Crippen LogP contribution is 2.25. The number of nitrogens with zero attached hydrogens (tertiary/aromatic N) is 2. The largest absolute Gasteiger partial charge is 0.490 e. The Labute approximate surface area is 207 Å². The predicted octanol–water partition coefficient (Wildman–Crippen LogP) is 3.41. The molecule has 0 amide bonds. The normalized spacial score (nSPS) is 21.4. The maximum Gasteiger partial charge on any atom is 0.490 e. The first-order valence-corrected chi connectivity index (χ1v) is 11.3. The summed E-state index contributed by atoms with van der Waals surface area (Å²) in [5.74, 6) is -5.51. The van der Waals surface area contributed by atoms with Crippen molar-refractivity contribution in [2.24, 2.45) is 0 Å². The molecule has 15 heteroatoms. The van der Waals surface area contributed by atoms with Crippen molar-refractivity contribution >= 4 is 23.3 Å². The lowest BCUT2D eigenvalue weighted by atomic mass is 10.0.